The van der Waals surface area contributed by atoms with E-state index in [0.717, 1.165) is 23.5 Å². The Kier molecular flexibility index (Phi) is 5.04. The van der Waals surface area contributed by atoms with Gasteiger partial charge in [0.1, 0.15) is 21.3 Å². The van der Waals surface area contributed by atoms with Gasteiger partial charge in [-0.15, -0.1) is 0 Å². The lowest BCUT2D eigenvalue weighted by atomic mass is 9.95. The minimum absolute atomic E-state index is 0.0863. The summed E-state index contributed by atoms with van der Waals surface area (Å²) in [5, 5.41) is 0. The molecule has 134 valence electrons. The van der Waals surface area contributed by atoms with Gasteiger partial charge < -0.3 is 9.47 Å². The van der Waals surface area contributed by atoms with Crippen molar-refractivity contribution in [2.45, 2.75) is 32.8 Å². The van der Waals surface area contributed by atoms with Crippen LogP contribution in [0.4, 0.5) is 0 Å². The number of hydrogen-bond acceptors (Lipinski definition) is 4. The summed E-state index contributed by atoms with van der Waals surface area (Å²) in [5.41, 5.74) is 4.68. The Hall–Kier alpha value is -2.01. The first kappa shape index (κ1) is 17.8. The normalized spacial score (nSPS) is 16.4. The highest BCUT2D eigenvalue weighted by Crippen LogP contribution is 2.38. The molecule has 0 aliphatic carbocycles. The van der Waals surface area contributed by atoms with Gasteiger partial charge in [-0.05, 0) is 55.7 Å². The first-order chi connectivity index (χ1) is 11.8. The van der Waals surface area contributed by atoms with Crippen LogP contribution in [0.2, 0.25) is 0 Å². The number of hydrogen-bond donors (Lipinski definition) is 0. The van der Waals surface area contributed by atoms with E-state index < -0.39 is 9.84 Å². The molecule has 0 unspecified atom stereocenters. The van der Waals surface area contributed by atoms with Crippen LogP contribution < -0.4 is 9.47 Å². The maximum atomic E-state index is 11.2. The minimum atomic E-state index is -2.94. The highest BCUT2D eigenvalue weighted by Gasteiger charge is 2.20. The maximum Gasteiger partial charge on any atom is 0.147 e. The molecule has 2 aromatic rings. The molecule has 0 saturated carbocycles. The Morgan fingerprint density at radius 1 is 1.16 bits per heavy atom. The minimum Gasteiger partial charge on any atom is -0.494 e. The maximum absolute atomic E-state index is 11.2. The predicted octanol–water partition coefficient (Wildman–Crippen LogP) is 3.80. The Labute approximate surface area is 149 Å². The van der Waals surface area contributed by atoms with Gasteiger partial charge in [0.15, 0.2) is 0 Å². The first-order valence-corrected chi connectivity index (χ1v) is 10.6. The zero-order chi connectivity index (χ0) is 18.0. The molecule has 0 bridgehead atoms. The van der Waals surface area contributed by atoms with Crippen LogP contribution in [0.3, 0.4) is 0 Å². The van der Waals surface area contributed by atoms with Crippen molar-refractivity contribution in [1.29, 1.82) is 0 Å². The molecule has 1 aliphatic rings. The first-order valence-electron chi connectivity index (χ1n) is 8.53. The average Bonchev–Trinajstić information content (AvgIpc) is 2.65. The second kappa shape index (κ2) is 7.08. The van der Waals surface area contributed by atoms with E-state index in [1.165, 1.54) is 22.9 Å². The van der Waals surface area contributed by atoms with Gasteiger partial charge in [-0.25, -0.2) is 8.42 Å². The second-order valence-electron chi connectivity index (χ2n) is 6.78. The van der Waals surface area contributed by atoms with Gasteiger partial charge in [0.2, 0.25) is 0 Å². The third-order valence-electron chi connectivity index (χ3n) is 4.27. The van der Waals surface area contributed by atoms with Crippen LogP contribution in [0.1, 0.15) is 24.5 Å². The van der Waals surface area contributed by atoms with Gasteiger partial charge in [0, 0.05) is 18.2 Å². The zero-order valence-electron chi connectivity index (χ0n) is 14.9. The Bertz CT molecular complexity index is 871. The summed E-state index contributed by atoms with van der Waals surface area (Å²) < 4.78 is 34.2. The van der Waals surface area contributed by atoms with Crippen molar-refractivity contribution in [3.05, 3.63) is 47.5 Å². The summed E-state index contributed by atoms with van der Waals surface area (Å²) in [5.74, 6) is 1.84. The quantitative estimate of drug-likeness (QED) is 0.761. The van der Waals surface area contributed by atoms with Crippen LogP contribution in [0.15, 0.2) is 36.4 Å². The van der Waals surface area contributed by atoms with Crippen molar-refractivity contribution in [2.24, 2.45) is 0 Å². The third-order valence-corrected chi connectivity index (χ3v) is 5.30. The van der Waals surface area contributed by atoms with Crippen molar-refractivity contribution in [1.82, 2.24) is 0 Å². The molecule has 1 aliphatic heterocycles. The van der Waals surface area contributed by atoms with Crippen LogP contribution in [0.5, 0.6) is 11.5 Å². The summed E-state index contributed by atoms with van der Waals surface area (Å²) in [6.45, 7) is 4.54. The smallest absolute Gasteiger partial charge is 0.147 e. The van der Waals surface area contributed by atoms with Gasteiger partial charge in [-0.3, -0.25) is 0 Å². The monoisotopic (exact) mass is 360 g/mol. The highest BCUT2D eigenvalue weighted by molar-refractivity contribution is 7.90. The summed E-state index contributed by atoms with van der Waals surface area (Å²) in [6.07, 6.45) is 2.64. The zero-order valence-corrected chi connectivity index (χ0v) is 15.7. The lowest BCUT2D eigenvalue weighted by Crippen LogP contribution is -2.13. The van der Waals surface area contributed by atoms with Crippen LogP contribution >= 0.6 is 0 Å². The molecule has 1 heterocycles. The van der Waals surface area contributed by atoms with E-state index >= 15 is 0 Å². The fourth-order valence-electron chi connectivity index (χ4n) is 3.13. The van der Waals surface area contributed by atoms with Gasteiger partial charge in [-0.2, -0.15) is 0 Å². The van der Waals surface area contributed by atoms with E-state index in [1.54, 1.807) is 0 Å². The number of fused-ring (bicyclic) bond motifs is 3. The lowest BCUT2D eigenvalue weighted by molar-refractivity contribution is 0.226. The summed E-state index contributed by atoms with van der Waals surface area (Å²) >= 11 is 0. The highest BCUT2D eigenvalue weighted by atomic mass is 32.2. The SMILES string of the molecule is Cc1ccc2c(c1)-c1ccc(OCCCS(C)(=O)=O)cc1C[C@@H](C)O2. The fraction of sp³-hybridized carbons (Fsp3) is 0.400. The molecule has 0 spiro atoms. The summed E-state index contributed by atoms with van der Waals surface area (Å²) in [4.78, 5) is 0. The van der Waals surface area contributed by atoms with Crippen LogP contribution in [-0.2, 0) is 16.3 Å². The topological polar surface area (TPSA) is 52.6 Å². The van der Waals surface area contributed by atoms with Crippen LogP contribution in [-0.4, -0.2) is 33.1 Å². The van der Waals surface area contributed by atoms with E-state index in [2.05, 4.69) is 32.0 Å². The van der Waals surface area contributed by atoms with E-state index in [-0.39, 0.29) is 11.9 Å². The molecule has 2 aromatic carbocycles. The van der Waals surface area contributed by atoms with Crippen LogP contribution in [0.25, 0.3) is 11.1 Å². The van der Waals surface area contributed by atoms with Crippen molar-refractivity contribution in [2.75, 3.05) is 18.6 Å². The lowest BCUT2D eigenvalue weighted by Gasteiger charge is -2.12. The van der Waals surface area contributed by atoms with E-state index in [4.69, 9.17) is 9.47 Å². The molecular weight excluding hydrogens is 336 g/mol. The molecule has 1 atom stereocenters. The van der Waals surface area contributed by atoms with Gasteiger partial charge in [0.25, 0.3) is 0 Å². The Balaban J connectivity index is 1.82. The van der Waals surface area contributed by atoms with E-state index in [9.17, 15) is 8.42 Å². The average molecular weight is 360 g/mol. The number of rotatable bonds is 5. The Morgan fingerprint density at radius 3 is 2.72 bits per heavy atom. The van der Waals surface area contributed by atoms with E-state index in [1.807, 2.05) is 18.2 Å². The summed E-state index contributed by atoms with van der Waals surface area (Å²) in [7, 11) is -2.94. The molecule has 4 nitrogen and oxygen atoms in total. The summed E-state index contributed by atoms with van der Waals surface area (Å²) in [6, 6.07) is 12.3. The molecule has 25 heavy (non-hydrogen) atoms. The molecule has 0 amide bonds. The number of ether oxygens (including phenoxy) is 2. The molecule has 5 heteroatoms. The molecule has 3 rings (SSSR count). The van der Waals surface area contributed by atoms with Crippen molar-refractivity contribution < 1.29 is 17.9 Å². The predicted molar refractivity (Wildman–Crippen MR) is 100 cm³/mol. The Morgan fingerprint density at radius 2 is 1.96 bits per heavy atom. The molecule has 0 fully saturated rings. The number of aryl methyl sites for hydroxylation is 1. The second-order valence-corrected chi connectivity index (χ2v) is 9.04. The fourth-order valence-corrected chi connectivity index (χ4v) is 3.77. The van der Waals surface area contributed by atoms with Crippen molar-refractivity contribution in [3.8, 4) is 22.6 Å². The molecule has 0 radical (unpaired) electrons. The van der Waals surface area contributed by atoms with Gasteiger partial charge in [0.05, 0.1) is 18.5 Å². The molecule has 0 saturated heterocycles. The number of benzene rings is 2. The van der Waals surface area contributed by atoms with Gasteiger partial charge in [-0.1, -0.05) is 17.7 Å². The molecule has 0 aromatic heterocycles. The largest absolute Gasteiger partial charge is 0.494 e. The standard InChI is InChI=1S/C20H24O4S/c1-14-5-8-20-19(11-14)18-7-6-17(13-16(18)12-15(2)24-20)23-9-4-10-25(3,21)22/h5-8,11,13,15H,4,9-10,12H2,1-3H3/t15-/m1/s1. The van der Waals surface area contributed by atoms with E-state index in [0.29, 0.717) is 13.0 Å². The number of sulfone groups is 1. The third kappa shape index (κ3) is 4.54. The van der Waals surface area contributed by atoms with Gasteiger partial charge >= 0.3 is 0 Å². The van der Waals surface area contributed by atoms with Crippen LogP contribution in [0, 0.1) is 6.92 Å². The molecule has 0 N–H and O–H groups in total. The van der Waals surface area contributed by atoms with Crippen molar-refractivity contribution >= 4 is 9.84 Å². The molecular formula is C20H24O4S. The van der Waals surface area contributed by atoms with Crippen molar-refractivity contribution in [3.63, 3.8) is 0 Å².